The Morgan fingerprint density at radius 3 is 2.62 bits per heavy atom. The van der Waals surface area contributed by atoms with Crippen LogP contribution in [0.3, 0.4) is 0 Å². The van der Waals surface area contributed by atoms with Crippen LogP contribution < -0.4 is 5.56 Å². The molecule has 24 heavy (non-hydrogen) atoms. The predicted molar refractivity (Wildman–Crippen MR) is 98.0 cm³/mol. The highest BCUT2D eigenvalue weighted by Gasteiger charge is 2.26. The van der Waals surface area contributed by atoms with Crippen molar-refractivity contribution < 1.29 is 0 Å². The fraction of sp³-hybridized carbons (Fsp3) is 0.286. The molecule has 1 atom stereocenters. The van der Waals surface area contributed by atoms with Crippen LogP contribution in [0.5, 0.6) is 0 Å². The third-order valence-corrected chi connectivity index (χ3v) is 5.13. The molecule has 4 rings (SSSR count). The van der Waals surface area contributed by atoms with Gasteiger partial charge in [0.1, 0.15) is 0 Å². The monoisotopic (exact) mass is 318 g/mol. The van der Waals surface area contributed by atoms with Crippen LogP contribution in [0.25, 0.3) is 10.9 Å². The van der Waals surface area contributed by atoms with Crippen molar-refractivity contribution in [3.63, 3.8) is 0 Å². The minimum absolute atomic E-state index is 0.118. The Morgan fingerprint density at radius 1 is 1.04 bits per heavy atom. The first-order valence-electron chi connectivity index (χ1n) is 8.61. The van der Waals surface area contributed by atoms with Crippen LogP contribution in [-0.4, -0.2) is 16.0 Å². The predicted octanol–water partition coefficient (Wildman–Crippen LogP) is 3.88. The maximum atomic E-state index is 12.7. The summed E-state index contributed by atoms with van der Waals surface area (Å²) < 4.78 is 1.78. The summed E-state index contributed by atoms with van der Waals surface area (Å²) in [6.07, 6.45) is 2.35. The molecule has 0 amide bonds. The van der Waals surface area contributed by atoms with E-state index >= 15 is 0 Å². The van der Waals surface area contributed by atoms with Crippen molar-refractivity contribution in [2.45, 2.75) is 25.4 Å². The van der Waals surface area contributed by atoms with Crippen molar-refractivity contribution in [2.24, 2.45) is 7.05 Å². The number of rotatable bonds is 3. The van der Waals surface area contributed by atoms with E-state index in [9.17, 15) is 4.79 Å². The Balaban J connectivity index is 1.69. The normalized spacial score (nSPS) is 18.3. The molecule has 1 saturated heterocycles. The van der Waals surface area contributed by atoms with E-state index in [4.69, 9.17) is 0 Å². The van der Waals surface area contributed by atoms with Crippen molar-refractivity contribution in [3.05, 3.63) is 82.1 Å². The number of benzene rings is 2. The lowest BCUT2D eigenvalue weighted by molar-refractivity contribution is 0.247. The Labute approximate surface area is 142 Å². The van der Waals surface area contributed by atoms with Crippen LogP contribution in [-0.2, 0) is 13.6 Å². The van der Waals surface area contributed by atoms with Gasteiger partial charge in [-0.05, 0) is 42.5 Å². The first-order valence-corrected chi connectivity index (χ1v) is 8.61. The topological polar surface area (TPSA) is 25.2 Å². The third-order valence-electron chi connectivity index (χ3n) is 5.13. The molecule has 0 saturated carbocycles. The highest BCUT2D eigenvalue weighted by Crippen LogP contribution is 2.32. The molecule has 0 aliphatic carbocycles. The average Bonchev–Trinajstić information content (AvgIpc) is 3.08. The van der Waals surface area contributed by atoms with Crippen molar-refractivity contribution in [3.8, 4) is 0 Å². The van der Waals surface area contributed by atoms with Gasteiger partial charge in [-0.25, -0.2) is 0 Å². The Bertz CT molecular complexity index is 914. The number of aromatic nitrogens is 1. The van der Waals surface area contributed by atoms with Gasteiger partial charge in [-0.15, -0.1) is 0 Å². The number of fused-ring (bicyclic) bond motifs is 1. The third kappa shape index (κ3) is 2.65. The molecule has 0 N–H and O–H groups in total. The lowest BCUT2D eigenvalue weighted by Gasteiger charge is -2.25. The SMILES string of the molecule is Cn1c(=O)c(CN2CCC[C@H]2c2ccccc2)cc2ccccc21. The van der Waals surface area contributed by atoms with E-state index in [-0.39, 0.29) is 5.56 Å². The number of likely N-dealkylation sites (tertiary alicyclic amines) is 1. The highest BCUT2D eigenvalue weighted by molar-refractivity contribution is 5.79. The van der Waals surface area contributed by atoms with Gasteiger partial charge in [-0.3, -0.25) is 9.69 Å². The van der Waals surface area contributed by atoms with E-state index in [1.807, 2.05) is 25.2 Å². The molecule has 0 radical (unpaired) electrons. The molecular formula is C21H22N2O. The number of para-hydroxylation sites is 1. The molecule has 1 aliphatic rings. The molecule has 2 aromatic carbocycles. The van der Waals surface area contributed by atoms with Gasteiger partial charge in [-0.2, -0.15) is 0 Å². The highest BCUT2D eigenvalue weighted by atomic mass is 16.1. The molecule has 3 aromatic rings. The summed E-state index contributed by atoms with van der Waals surface area (Å²) in [7, 11) is 1.87. The van der Waals surface area contributed by atoms with Gasteiger partial charge < -0.3 is 4.57 Å². The summed E-state index contributed by atoms with van der Waals surface area (Å²) in [6, 6.07) is 21.2. The molecule has 1 aromatic heterocycles. The van der Waals surface area contributed by atoms with Gasteiger partial charge in [0.2, 0.25) is 0 Å². The number of hydrogen-bond acceptors (Lipinski definition) is 2. The molecule has 2 heterocycles. The molecule has 122 valence electrons. The maximum Gasteiger partial charge on any atom is 0.255 e. The van der Waals surface area contributed by atoms with E-state index in [1.165, 1.54) is 12.0 Å². The minimum Gasteiger partial charge on any atom is -0.311 e. The molecule has 1 fully saturated rings. The van der Waals surface area contributed by atoms with Gasteiger partial charge >= 0.3 is 0 Å². The lowest BCUT2D eigenvalue weighted by atomic mass is 10.0. The fourth-order valence-electron chi connectivity index (χ4n) is 3.89. The number of pyridine rings is 1. The molecule has 0 unspecified atom stereocenters. The zero-order chi connectivity index (χ0) is 16.5. The standard InChI is InChI=1S/C21H22N2O/c1-22-19-11-6-5-10-17(19)14-18(21(22)24)15-23-13-7-12-20(23)16-8-3-2-4-9-16/h2-6,8-11,14,20H,7,12-13,15H2,1H3/t20-/m0/s1. The van der Waals surface area contributed by atoms with E-state index in [0.29, 0.717) is 6.04 Å². The second-order valence-electron chi connectivity index (χ2n) is 6.63. The summed E-state index contributed by atoms with van der Waals surface area (Å²) in [6.45, 7) is 1.77. The van der Waals surface area contributed by atoms with Crippen LogP contribution in [0.1, 0.15) is 30.0 Å². The summed E-state index contributed by atoms with van der Waals surface area (Å²) >= 11 is 0. The Kier molecular flexibility index (Phi) is 3.95. The van der Waals surface area contributed by atoms with Crippen LogP contribution in [0.4, 0.5) is 0 Å². The van der Waals surface area contributed by atoms with Crippen LogP contribution in [0, 0.1) is 0 Å². The summed E-state index contributed by atoms with van der Waals surface area (Å²) in [5.41, 5.74) is 3.35. The Hall–Kier alpha value is -2.39. The van der Waals surface area contributed by atoms with Crippen LogP contribution >= 0.6 is 0 Å². The van der Waals surface area contributed by atoms with Gasteiger partial charge in [0.25, 0.3) is 5.56 Å². The quantitative estimate of drug-likeness (QED) is 0.732. The molecule has 3 heteroatoms. The lowest BCUT2D eigenvalue weighted by Crippen LogP contribution is -2.29. The van der Waals surface area contributed by atoms with E-state index in [0.717, 1.165) is 36.0 Å². The van der Waals surface area contributed by atoms with Crippen LogP contribution in [0.15, 0.2) is 65.5 Å². The number of nitrogens with zero attached hydrogens (tertiary/aromatic N) is 2. The minimum atomic E-state index is 0.118. The smallest absolute Gasteiger partial charge is 0.255 e. The van der Waals surface area contributed by atoms with E-state index < -0.39 is 0 Å². The number of aryl methyl sites for hydroxylation is 1. The molecular weight excluding hydrogens is 296 g/mol. The van der Waals surface area contributed by atoms with Gasteiger partial charge in [0, 0.05) is 25.2 Å². The molecule has 0 spiro atoms. The first kappa shape index (κ1) is 15.2. The molecule has 1 aliphatic heterocycles. The van der Waals surface area contributed by atoms with Gasteiger partial charge in [0.05, 0.1) is 5.52 Å². The van der Waals surface area contributed by atoms with Gasteiger partial charge in [0.15, 0.2) is 0 Å². The summed E-state index contributed by atoms with van der Waals surface area (Å²) in [4.78, 5) is 15.2. The molecule has 3 nitrogen and oxygen atoms in total. The summed E-state index contributed by atoms with van der Waals surface area (Å²) in [5, 5.41) is 1.13. The van der Waals surface area contributed by atoms with Crippen molar-refractivity contribution >= 4 is 10.9 Å². The van der Waals surface area contributed by atoms with Crippen molar-refractivity contribution in [2.75, 3.05) is 6.54 Å². The number of hydrogen-bond donors (Lipinski definition) is 0. The molecule has 0 bridgehead atoms. The fourth-order valence-corrected chi connectivity index (χ4v) is 3.89. The largest absolute Gasteiger partial charge is 0.311 e. The second kappa shape index (κ2) is 6.25. The summed E-state index contributed by atoms with van der Waals surface area (Å²) in [5.74, 6) is 0. The zero-order valence-electron chi connectivity index (χ0n) is 14.0. The first-order chi connectivity index (χ1) is 11.7. The van der Waals surface area contributed by atoms with Crippen LogP contribution in [0.2, 0.25) is 0 Å². The average molecular weight is 318 g/mol. The van der Waals surface area contributed by atoms with E-state index in [2.05, 4.69) is 47.4 Å². The van der Waals surface area contributed by atoms with Crippen molar-refractivity contribution in [1.82, 2.24) is 9.47 Å². The van der Waals surface area contributed by atoms with E-state index in [1.54, 1.807) is 4.57 Å². The second-order valence-corrected chi connectivity index (χ2v) is 6.63. The van der Waals surface area contributed by atoms with Gasteiger partial charge in [-0.1, -0.05) is 48.5 Å². The van der Waals surface area contributed by atoms with Crippen molar-refractivity contribution in [1.29, 1.82) is 0 Å². The zero-order valence-corrected chi connectivity index (χ0v) is 14.0. The Morgan fingerprint density at radius 2 is 1.79 bits per heavy atom. The maximum absolute atomic E-state index is 12.7.